The molecule has 3 aromatic rings. The fraction of sp³-hybridized carbons (Fsp3) is 0.182. The summed E-state index contributed by atoms with van der Waals surface area (Å²) in [6.45, 7) is 4.10. The van der Waals surface area contributed by atoms with Crippen LogP contribution in [0.15, 0.2) is 60.8 Å². The minimum atomic E-state index is -0.182. The lowest BCUT2D eigenvalue weighted by atomic mass is 10.1. The molecule has 27 heavy (non-hydrogen) atoms. The highest BCUT2D eigenvalue weighted by Gasteiger charge is 2.08. The first-order valence-electron chi connectivity index (χ1n) is 8.81. The molecule has 0 saturated carbocycles. The Morgan fingerprint density at radius 2 is 1.70 bits per heavy atom. The van der Waals surface area contributed by atoms with Gasteiger partial charge < -0.3 is 15.5 Å². The van der Waals surface area contributed by atoms with Crippen LogP contribution in [0.25, 0.3) is 0 Å². The molecule has 3 rings (SSSR count). The third-order valence-corrected chi connectivity index (χ3v) is 4.32. The smallest absolute Gasteiger partial charge is 0.257 e. The van der Waals surface area contributed by atoms with Crippen molar-refractivity contribution in [1.29, 1.82) is 0 Å². The first-order chi connectivity index (χ1) is 12.9. The van der Waals surface area contributed by atoms with Crippen LogP contribution in [0.5, 0.6) is 0 Å². The van der Waals surface area contributed by atoms with Crippen LogP contribution in [-0.2, 0) is 0 Å². The number of hydrogen-bond donors (Lipinski definition) is 2. The first kappa shape index (κ1) is 18.5. The molecule has 0 unspecified atom stereocenters. The molecule has 0 aliphatic carbocycles. The van der Waals surface area contributed by atoms with Crippen LogP contribution >= 0.6 is 0 Å². The van der Waals surface area contributed by atoms with Crippen LogP contribution in [0.2, 0.25) is 0 Å². The minimum absolute atomic E-state index is 0.182. The standard InChI is InChI=1S/C22H24N4O/c1-15-5-6-16(2)20(13-15)25-21-12-7-17(14-23-21)22(27)24-18-8-10-19(11-9-18)26(3)4/h5-14H,1-4H3,(H,23,25)(H,24,27). The molecule has 0 aliphatic heterocycles. The van der Waals surface area contributed by atoms with Crippen molar-refractivity contribution in [2.45, 2.75) is 13.8 Å². The van der Waals surface area contributed by atoms with E-state index in [1.807, 2.05) is 56.3 Å². The van der Waals surface area contributed by atoms with E-state index in [1.165, 1.54) is 5.56 Å². The lowest BCUT2D eigenvalue weighted by Gasteiger charge is -2.13. The molecule has 1 heterocycles. The van der Waals surface area contributed by atoms with Gasteiger partial charge in [0.15, 0.2) is 0 Å². The van der Waals surface area contributed by atoms with Gasteiger partial charge in [0.1, 0.15) is 5.82 Å². The Morgan fingerprint density at radius 1 is 0.963 bits per heavy atom. The van der Waals surface area contributed by atoms with E-state index in [0.29, 0.717) is 11.4 Å². The van der Waals surface area contributed by atoms with E-state index >= 15 is 0 Å². The highest BCUT2D eigenvalue weighted by atomic mass is 16.1. The molecule has 0 fully saturated rings. The zero-order valence-electron chi connectivity index (χ0n) is 16.1. The molecule has 1 amide bonds. The first-order valence-corrected chi connectivity index (χ1v) is 8.81. The number of rotatable bonds is 5. The van der Waals surface area contributed by atoms with Gasteiger partial charge in [-0.3, -0.25) is 4.79 Å². The van der Waals surface area contributed by atoms with Gasteiger partial charge in [-0.15, -0.1) is 0 Å². The van der Waals surface area contributed by atoms with Crippen LogP contribution in [0.4, 0.5) is 22.9 Å². The average molecular weight is 360 g/mol. The molecule has 0 spiro atoms. The number of aryl methyl sites for hydroxylation is 2. The zero-order chi connectivity index (χ0) is 19.4. The molecular formula is C22H24N4O. The monoisotopic (exact) mass is 360 g/mol. The summed E-state index contributed by atoms with van der Waals surface area (Å²) in [6.07, 6.45) is 1.58. The van der Waals surface area contributed by atoms with Gasteiger partial charge in [-0.1, -0.05) is 12.1 Å². The van der Waals surface area contributed by atoms with Gasteiger partial charge in [0.25, 0.3) is 5.91 Å². The number of carbonyl (C=O) groups excluding carboxylic acids is 1. The fourth-order valence-corrected chi connectivity index (χ4v) is 2.66. The van der Waals surface area contributed by atoms with Gasteiger partial charge in [-0.25, -0.2) is 4.98 Å². The van der Waals surface area contributed by atoms with Gasteiger partial charge in [0.2, 0.25) is 0 Å². The largest absolute Gasteiger partial charge is 0.378 e. The Bertz CT molecular complexity index is 932. The van der Waals surface area contributed by atoms with Crippen LogP contribution in [0.3, 0.4) is 0 Å². The number of anilines is 4. The number of pyridine rings is 1. The maximum Gasteiger partial charge on any atom is 0.257 e. The van der Waals surface area contributed by atoms with Gasteiger partial charge in [-0.05, 0) is 67.4 Å². The minimum Gasteiger partial charge on any atom is -0.378 e. The van der Waals surface area contributed by atoms with E-state index < -0.39 is 0 Å². The molecule has 5 heteroatoms. The Hall–Kier alpha value is -3.34. The van der Waals surface area contributed by atoms with E-state index in [0.717, 1.165) is 22.6 Å². The van der Waals surface area contributed by atoms with Crippen molar-refractivity contribution < 1.29 is 4.79 Å². The van der Waals surface area contributed by atoms with Crippen LogP contribution in [-0.4, -0.2) is 25.0 Å². The Balaban J connectivity index is 1.67. The number of aromatic nitrogens is 1. The van der Waals surface area contributed by atoms with Crippen molar-refractivity contribution in [3.8, 4) is 0 Å². The molecule has 5 nitrogen and oxygen atoms in total. The molecule has 2 N–H and O–H groups in total. The second kappa shape index (κ2) is 7.91. The summed E-state index contributed by atoms with van der Waals surface area (Å²) < 4.78 is 0. The SMILES string of the molecule is Cc1ccc(C)c(Nc2ccc(C(=O)Nc3ccc(N(C)C)cc3)cn2)c1. The van der Waals surface area contributed by atoms with Gasteiger partial charge in [0.05, 0.1) is 5.56 Å². The van der Waals surface area contributed by atoms with Gasteiger partial charge >= 0.3 is 0 Å². The van der Waals surface area contributed by atoms with Crippen molar-refractivity contribution in [2.75, 3.05) is 29.6 Å². The second-order valence-corrected chi connectivity index (χ2v) is 6.77. The molecule has 0 radical (unpaired) electrons. The lowest BCUT2D eigenvalue weighted by molar-refractivity contribution is 0.102. The maximum atomic E-state index is 12.4. The summed E-state index contributed by atoms with van der Waals surface area (Å²) in [4.78, 5) is 18.8. The zero-order valence-corrected chi connectivity index (χ0v) is 16.1. The van der Waals surface area contributed by atoms with Crippen molar-refractivity contribution in [2.24, 2.45) is 0 Å². The summed E-state index contributed by atoms with van der Waals surface area (Å²) in [5, 5.41) is 6.19. The van der Waals surface area contributed by atoms with Crippen LogP contribution in [0.1, 0.15) is 21.5 Å². The van der Waals surface area contributed by atoms with Gasteiger partial charge in [-0.2, -0.15) is 0 Å². The molecule has 2 aromatic carbocycles. The molecule has 138 valence electrons. The van der Waals surface area contributed by atoms with Crippen molar-refractivity contribution >= 4 is 28.8 Å². The molecular weight excluding hydrogens is 336 g/mol. The highest BCUT2D eigenvalue weighted by Crippen LogP contribution is 2.21. The molecule has 0 aliphatic rings. The third-order valence-electron chi connectivity index (χ3n) is 4.32. The highest BCUT2D eigenvalue weighted by molar-refractivity contribution is 6.04. The van der Waals surface area contributed by atoms with Crippen molar-refractivity contribution in [3.63, 3.8) is 0 Å². The van der Waals surface area contributed by atoms with E-state index in [1.54, 1.807) is 12.3 Å². The predicted octanol–water partition coefficient (Wildman–Crippen LogP) is 4.76. The Labute approximate surface area is 160 Å². The lowest BCUT2D eigenvalue weighted by Crippen LogP contribution is -2.13. The van der Waals surface area contributed by atoms with Crippen molar-refractivity contribution in [1.82, 2.24) is 4.98 Å². The Kier molecular flexibility index (Phi) is 5.41. The molecule has 1 aromatic heterocycles. The van der Waals surface area contributed by atoms with E-state index in [2.05, 4.69) is 40.7 Å². The topological polar surface area (TPSA) is 57.3 Å². The number of hydrogen-bond acceptors (Lipinski definition) is 4. The summed E-state index contributed by atoms with van der Waals surface area (Å²) in [6, 6.07) is 17.5. The normalized spacial score (nSPS) is 10.4. The van der Waals surface area contributed by atoms with E-state index in [9.17, 15) is 4.79 Å². The predicted molar refractivity (Wildman–Crippen MR) is 112 cm³/mol. The number of benzene rings is 2. The average Bonchev–Trinajstić information content (AvgIpc) is 2.65. The third kappa shape index (κ3) is 4.64. The maximum absolute atomic E-state index is 12.4. The second-order valence-electron chi connectivity index (χ2n) is 6.77. The molecule has 0 saturated heterocycles. The molecule has 0 bridgehead atoms. The van der Waals surface area contributed by atoms with Crippen LogP contribution in [0, 0.1) is 13.8 Å². The summed E-state index contributed by atoms with van der Waals surface area (Å²) in [5.41, 5.74) is 5.68. The fourth-order valence-electron chi connectivity index (χ4n) is 2.66. The van der Waals surface area contributed by atoms with E-state index in [-0.39, 0.29) is 5.91 Å². The van der Waals surface area contributed by atoms with Crippen molar-refractivity contribution in [3.05, 3.63) is 77.5 Å². The number of amides is 1. The summed E-state index contributed by atoms with van der Waals surface area (Å²) in [5.74, 6) is 0.522. The molecule has 0 atom stereocenters. The van der Waals surface area contributed by atoms with E-state index in [4.69, 9.17) is 0 Å². The number of nitrogens with zero attached hydrogens (tertiary/aromatic N) is 2. The summed E-state index contributed by atoms with van der Waals surface area (Å²) >= 11 is 0. The Morgan fingerprint density at radius 3 is 2.33 bits per heavy atom. The summed E-state index contributed by atoms with van der Waals surface area (Å²) in [7, 11) is 3.96. The van der Waals surface area contributed by atoms with Gasteiger partial charge in [0, 0.05) is 37.4 Å². The number of nitrogens with one attached hydrogen (secondary N) is 2. The quantitative estimate of drug-likeness (QED) is 0.689. The number of carbonyl (C=O) groups is 1. The van der Waals surface area contributed by atoms with Crippen LogP contribution < -0.4 is 15.5 Å².